The molecule has 0 aliphatic carbocycles. The summed E-state index contributed by atoms with van der Waals surface area (Å²) in [7, 11) is 0. The molecule has 6 heteroatoms. The lowest BCUT2D eigenvalue weighted by Gasteiger charge is -2.10. The number of nitro benzene ring substituents is 1. The molecule has 1 N–H and O–H groups in total. The van der Waals surface area contributed by atoms with Gasteiger partial charge in [-0.25, -0.2) is 0 Å². The number of hydrogen-bond acceptors (Lipinski definition) is 4. The first-order valence-electron chi connectivity index (χ1n) is 8.87. The number of nitrogens with one attached hydrogen (secondary N) is 1. The van der Waals surface area contributed by atoms with Gasteiger partial charge in [0.25, 0.3) is 11.6 Å². The van der Waals surface area contributed by atoms with Crippen molar-refractivity contribution in [3.63, 3.8) is 0 Å². The molecule has 1 amide bonds. The average Bonchev–Trinajstić information content (AvgIpc) is 2.70. The van der Waals surface area contributed by atoms with Gasteiger partial charge in [0.1, 0.15) is 5.75 Å². The molecule has 0 fully saturated rings. The number of hydrogen-bond donors (Lipinski definition) is 1. The largest absolute Gasteiger partial charge is 0.493 e. The van der Waals surface area contributed by atoms with Crippen LogP contribution in [0, 0.1) is 17.0 Å². The second kappa shape index (κ2) is 8.81. The molecule has 28 heavy (non-hydrogen) atoms. The van der Waals surface area contributed by atoms with Crippen LogP contribution in [0.4, 0.5) is 11.4 Å². The highest BCUT2D eigenvalue weighted by Gasteiger charge is 2.15. The SMILES string of the molecule is Cc1c(NC(=O)c2ccc(OCCc3ccccc3)cc2)cccc1[N+](=O)[O-]. The van der Waals surface area contributed by atoms with Crippen LogP contribution in [-0.2, 0) is 6.42 Å². The van der Waals surface area contributed by atoms with E-state index in [2.05, 4.69) is 5.32 Å². The second-order valence-corrected chi connectivity index (χ2v) is 6.27. The molecule has 3 rings (SSSR count). The molecule has 0 aromatic heterocycles. The lowest BCUT2D eigenvalue weighted by molar-refractivity contribution is -0.385. The standard InChI is InChI=1S/C22H20N2O4/c1-16-20(8-5-9-21(16)24(26)27)23-22(25)18-10-12-19(13-11-18)28-15-14-17-6-3-2-4-7-17/h2-13H,14-15H2,1H3,(H,23,25). The van der Waals surface area contributed by atoms with Crippen molar-refractivity contribution in [3.8, 4) is 5.75 Å². The average molecular weight is 376 g/mol. The maximum Gasteiger partial charge on any atom is 0.274 e. The van der Waals surface area contributed by atoms with Crippen molar-refractivity contribution in [1.29, 1.82) is 0 Å². The highest BCUT2D eigenvalue weighted by Crippen LogP contribution is 2.25. The van der Waals surface area contributed by atoms with Crippen LogP contribution in [0.3, 0.4) is 0 Å². The topological polar surface area (TPSA) is 81.5 Å². The van der Waals surface area contributed by atoms with E-state index in [0.717, 1.165) is 6.42 Å². The highest BCUT2D eigenvalue weighted by atomic mass is 16.6. The highest BCUT2D eigenvalue weighted by molar-refractivity contribution is 6.04. The third kappa shape index (κ3) is 4.73. The Morgan fingerprint density at radius 2 is 1.71 bits per heavy atom. The molecule has 0 unspecified atom stereocenters. The van der Waals surface area contributed by atoms with Crippen LogP contribution in [0.25, 0.3) is 0 Å². The Hall–Kier alpha value is -3.67. The van der Waals surface area contributed by atoms with Crippen molar-refractivity contribution >= 4 is 17.3 Å². The van der Waals surface area contributed by atoms with Gasteiger partial charge in [-0.1, -0.05) is 36.4 Å². The first-order valence-corrected chi connectivity index (χ1v) is 8.87. The van der Waals surface area contributed by atoms with Crippen LogP contribution in [0.15, 0.2) is 72.8 Å². The van der Waals surface area contributed by atoms with Crippen molar-refractivity contribution in [2.24, 2.45) is 0 Å². The lowest BCUT2D eigenvalue weighted by Crippen LogP contribution is -2.13. The molecule has 0 aliphatic rings. The molecule has 142 valence electrons. The van der Waals surface area contributed by atoms with Crippen LogP contribution in [0.2, 0.25) is 0 Å². The Labute approximate surface area is 162 Å². The molecule has 0 heterocycles. The van der Waals surface area contributed by atoms with Crippen molar-refractivity contribution in [3.05, 3.63) is 99.6 Å². The van der Waals surface area contributed by atoms with Crippen LogP contribution < -0.4 is 10.1 Å². The van der Waals surface area contributed by atoms with E-state index in [9.17, 15) is 14.9 Å². The molecule has 0 aliphatic heterocycles. The van der Waals surface area contributed by atoms with Gasteiger partial charge in [0.2, 0.25) is 0 Å². The molecule has 3 aromatic carbocycles. The maximum absolute atomic E-state index is 12.4. The molecule has 0 bridgehead atoms. The Balaban J connectivity index is 1.59. The van der Waals surface area contributed by atoms with Crippen molar-refractivity contribution in [1.82, 2.24) is 0 Å². The van der Waals surface area contributed by atoms with E-state index < -0.39 is 4.92 Å². The summed E-state index contributed by atoms with van der Waals surface area (Å²) in [5.41, 5.74) is 2.45. The van der Waals surface area contributed by atoms with Gasteiger partial charge in [-0.3, -0.25) is 14.9 Å². The zero-order valence-electron chi connectivity index (χ0n) is 15.4. The van der Waals surface area contributed by atoms with Gasteiger partial charge in [0.05, 0.1) is 22.8 Å². The van der Waals surface area contributed by atoms with Crippen LogP contribution in [0.1, 0.15) is 21.5 Å². The lowest BCUT2D eigenvalue weighted by atomic mass is 10.1. The van der Waals surface area contributed by atoms with E-state index in [0.29, 0.717) is 29.2 Å². The molecule has 0 atom stereocenters. The summed E-state index contributed by atoms with van der Waals surface area (Å²) in [5.74, 6) is 0.346. The van der Waals surface area contributed by atoms with Gasteiger partial charge in [0.15, 0.2) is 0 Å². The fourth-order valence-electron chi connectivity index (χ4n) is 2.79. The summed E-state index contributed by atoms with van der Waals surface area (Å²) >= 11 is 0. The summed E-state index contributed by atoms with van der Waals surface area (Å²) in [6, 6.07) is 21.5. The first-order chi connectivity index (χ1) is 13.5. The Kier molecular flexibility index (Phi) is 6.01. The number of ether oxygens (including phenoxy) is 1. The monoisotopic (exact) mass is 376 g/mol. The van der Waals surface area contributed by atoms with Gasteiger partial charge in [-0.15, -0.1) is 0 Å². The third-order valence-electron chi connectivity index (χ3n) is 4.37. The van der Waals surface area contributed by atoms with E-state index in [-0.39, 0.29) is 11.6 Å². The number of anilines is 1. The van der Waals surface area contributed by atoms with Gasteiger partial charge >= 0.3 is 0 Å². The zero-order valence-corrected chi connectivity index (χ0v) is 15.4. The minimum Gasteiger partial charge on any atom is -0.493 e. The zero-order chi connectivity index (χ0) is 19.9. The number of rotatable bonds is 7. The summed E-state index contributed by atoms with van der Waals surface area (Å²) in [6.07, 6.45) is 0.801. The van der Waals surface area contributed by atoms with E-state index >= 15 is 0 Å². The smallest absolute Gasteiger partial charge is 0.274 e. The van der Waals surface area contributed by atoms with Crippen molar-refractivity contribution < 1.29 is 14.5 Å². The van der Waals surface area contributed by atoms with Crippen molar-refractivity contribution in [2.75, 3.05) is 11.9 Å². The molecule has 0 radical (unpaired) electrons. The van der Waals surface area contributed by atoms with E-state index in [1.54, 1.807) is 43.3 Å². The molecule has 3 aromatic rings. The molecule has 0 spiro atoms. The Morgan fingerprint density at radius 3 is 2.39 bits per heavy atom. The number of benzene rings is 3. The first kappa shape index (κ1) is 19.1. The van der Waals surface area contributed by atoms with Crippen LogP contribution in [-0.4, -0.2) is 17.4 Å². The van der Waals surface area contributed by atoms with Crippen LogP contribution >= 0.6 is 0 Å². The van der Waals surface area contributed by atoms with Gasteiger partial charge in [-0.05, 0) is 42.8 Å². The number of amides is 1. The fraction of sp³-hybridized carbons (Fsp3) is 0.136. The predicted molar refractivity (Wildman–Crippen MR) is 108 cm³/mol. The molecule has 6 nitrogen and oxygen atoms in total. The van der Waals surface area contributed by atoms with E-state index in [4.69, 9.17) is 4.74 Å². The Bertz CT molecular complexity index is 970. The summed E-state index contributed by atoms with van der Waals surface area (Å²) in [6.45, 7) is 2.15. The maximum atomic E-state index is 12.4. The quantitative estimate of drug-likeness (QED) is 0.475. The normalized spacial score (nSPS) is 10.3. The minimum atomic E-state index is -0.466. The van der Waals surface area contributed by atoms with Gasteiger partial charge < -0.3 is 10.1 Å². The number of nitro groups is 1. The van der Waals surface area contributed by atoms with E-state index in [1.165, 1.54) is 11.6 Å². The second-order valence-electron chi connectivity index (χ2n) is 6.27. The summed E-state index contributed by atoms with van der Waals surface area (Å²) in [5, 5.41) is 13.7. The van der Waals surface area contributed by atoms with Crippen LogP contribution in [0.5, 0.6) is 5.75 Å². The third-order valence-corrected chi connectivity index (χ3v) is 4.37. The minimum absolute atomic E-state index is 0.0278. The summed E-state index contributed by atoms with van der Waals surface area (Å²) < 4.78 is 5.72. The predicted octanol–water partition coefficient (Wildman–Crippen LogP) is 4.78. The Morgan fingerprint density at radius 1 is 1.00 bits per heavy atom. The van der Waals surface area contributed by atoms with Gasteiger partial charge in [0, 0.05) is 18.1 Å². The van der Waals surface area contributed by atoms with E-state index in [1.807, 2.05) is 30.3 Å². The molecule has 0 saturated carbocycles. The molecular weight excluding hydrogens is 356 g/mol. The van der Waals surface area contributed by atoms with Crippen molar-refractivity contribution in [2.45, 2.75) is 13.3 Å². The summed E-state index contributed by atoms with van der Waals surface area (Å²) in [4.78, 5) is 23.0. The molecular formula is C22H20N2O4. The van der Waals surface area contributed by atoms with Gasteiger partial charge in [-0.2, -0.15) is 0 Å². The number of carbonyl (C=O) groups is 1. The number of carbonyl (C=O) groups excluding carboxylic acids is 1. The fourth-order valence-corrected chi connectivity index (χ4v) is 2.79. The number of nitrogens with zero attached hydrogens (tertiary/aromatic N) is 1. The molecule has 0 saturated heterocycles.